The van der Waals surface area contributed by atoms with Crippen molar-refractivity contribution in [2.45, 2.75) is 52.0 Å². The van der Waals surface area contributed by atoms with Gasteiger partial charge in [0, 0.05) is 29.0 Å². The first-order valence-electron chi connectivity index (χ1n) is 6.21. The quantitative estimate of drug-likeness (QED) is 0.806. The number of thioether (sulfide) groups is 1. The van der Waals surface area contributed by atoms with Gasteiger partial charge >= 0.3 is 0 Å². The Balaban J connectivity index is 2.43. The number of nitrogens with two attached hydrogens (primary N) is 1. The summed E-state index contributed by atoms with van der Waals surface area (Å²) in [5.74, 6) is 2.25. The summed E-state index contributed by atoms with van der Waals surface area (Å²) in [4.78, 5) is 4.68. The molecule has 1 aromatic heterocycles. The highest BCUT2D eigenvalue weighted by atomic mass is 32.2. The third-order valence-corrected chi connectivity index (χ3v) is 4.67. The van der Waals surface area contributed by atoms with Gasteiger partial charge in [0.1, 0.15) is 0 Å². The Morgan fingerprint density at radius 3 is 2.71 bits per heavy atom. The Morgan fingerprint density at radius 2 is 2.18 bits per heavy atom. The Morgan fingerprint density at radius 1 is 1.47 bits per heavy atom. The van der Waals surface area contributed by atoms with E-state index in [2.05, 4.69) is 38.1 Å². The molecule has 0 amide bonds. The first-order valence-corrected chi connectivity index (χ1v) is 8.25. The average Bonchev–Trinajstić information content (AvgIpc) is 2.66. The molecule has 17 heavy (non-hydrogen) atoms. The SMILES string of the molecule is CCCSCC(N)Cc1nc(C(C)(C)C)cs1. The van der Waals surface area contributed by atoms with E-state index in [0.29, 0.717) is 0 Å². The second-order valence-electron chi connectivity index (χ2n) is 5.42. The predicted octanol–water partition coefficient (Wildman–Crippen LogP) is 3.45. The minimum atomic E-state index is 0.149. The van der Waals surface area contributed by atoms with E-state index in [-0.39, 0.29) is 11.5 Å². The molecule has 0 aromatic carbocycles. The van der Waals surface area contributed by atoms with E-state index in [1.165, 1.54) is 22.9 Å². The van der Waals surface area contributed by atoms with E-state index in [9.17, 15) is 0 Å². The zero-order valence-corrected chi connectivity index (χ0v) is 13.0. The van der Waals surface area contributed by atoms with Crippen LogP contribution in [0.3, 0.4) is 0 Å². The summed E-state index contributed by atoms with van der Waals surface area (Å²) in [7, 11) is 0. The largest absolute Gasteiger partial charge is 0.327 e. The van der Waals surface area contributed by atoms with Gasteiger partial charge in [0.15, 0.2) is 0 Å². The van der Waals surface area contributed by atoms with Crippen LogP contribution in [0.15, 0.2) is 5.38 Å². The lowest BCUT2D eigenvalue weighted by Gasteiger charge is -2.14. The molecule has 0 aliphatic carbocycles. The molecule has 98 valence electrons. The monoisotopic (exact) mass is 272 g/mol. The molecule has 1 unspecified atom stereocenters. The molecule has 4 heteroatoms. The van der Waals surface area contributed by atoms with Crippen LogP contribution in [-0.4, -0.2) is 22.5 Å². The van der Waals surface area contributed by atoms with Gasteiger partial charge in [0.2, 0.25) is 0 Å². The molecule has 0 radical (unpaired) electrons. The summed E-state index contributed by atoms with van der Waals surface area (Å²) < 4.78 is 0. The molecule has 1 rings (SSSR count). The van der Waals surface area contributed by atoms with Gasteiger partial charge in [-0.15, -0.1) is 11.3 Å². The zero-order chi connectivity index (χ0) is 12.9. The van der Waals surface area contributed by atoms with Crippen LogP contribution in [0.1, 0.15) is 44.8 Å². The fourth-order valence-electron chi connectivity index (χ4n) is 1.41. The molecule has 0 aliphatic heterocycles. The molecule has 0 bridgehead atoms. The van der Waals surface area contributed by atoms with Crippen LogP contribution in [0.4, 0.5) is 0 Å². The van der Waals surface area contributed by atoms with Gasteiger partial charge in [-0.25, -0.2) is 4.98 Å². The van der Waals surface area contributed by atoms with Crippen LogP contribution >= 0.6 is 23.1 Å². The van der Waals surface area contributed by atoms with Crippen molar-refractivity contribution in [1.82, 2.24) is 4.98 Å². The highest BCUT2D eigenvalue weighted by Crippen LogP contribution is 2.24. The van der Waals surface area contributed by atoms with Crippen LogP contribution < -0.4 is 5.73 Å². The van der Waals surface area contributed by atoms with Gasteiger partial charge in [-0.05, 0) is 12.2 Å². The van der Waals surface area contributed by atoms with E-state index in [0.717, 1.165) is 12.2 Å². The molecule has 1 atom stereocenters. The smallest absolute Gasteiger partial charge is 0.0944 e. The average molecular weight is 272 g/mol. The molecule has 1 aromatic rings. The molecule has 0 aliphatic rings. The standard InChI is InChI=1S/C13H24N2S2/c1-5-6-16-8-10(14)7-12-15-11(9-17-12)13(2,3)4/h9-10H,5-8,14H2,1-4H3. The van der Waals surface area contributed by atoms with Crippen LogP contribution in [-0.2, 0) is 11.8 Å². The van der Waals surface area contributed by atoms with Crippen molar-refractivity contribution in [3.05, 3.63) is 16.1 Å². The molecule has 2 nitrogen and oxygen atoms in total. The number of rotatable bonds is 6. The van der Waals surface area contributed by atoms with Crippen molar-refractivity contribution in [1.29, 1.82) is 0 Å². The van der Waals surface area contributed by atoms with Crippen molar-refractivity contribution < 1.29 is 0 Å². The minimum absolute atomic E-state index is 0.149. The molecular formula is C13H24N2S2. The van der Waals surface area contributed by atoms with E-state index < -0.39 is 0 Å². The molecule has 0 spiro atoms. The summed E-state index contributed by atoms with van der Waals surface area (Å²) in [5, 5.41) is 3.35. The van der Waals surface area contributed by atoms with Gasteiger partial charge < -0.3 is 5.73 Å². The zero-order valence-electron chi connectivity index (χ0n) is 11.3. The Kier molecular flexibility index (Phi) is 5.97. The topological polar surface area (TPSA) is 38.9 Å². The third-order valence-electron chi connectivity index (χ3n) is 2.44. The first kappa shape index (κ1) is 15.0. The van der Waals surface area contributed by atoms with Gasteiger partial charge in [-0.2, -0.15) is 11.8 Å². The van der Waals surface area contributed by atoms with Gasteiger partial charge in [-0.1, -0.05) is 27.7 Å². The summed E-state index contributed by atoms with van der Waals surface area (Å²) in [5.41, 5.74) is 7.45. The summed E-state index contributed by atoms with van der Waals surface area (Å²) in [6.07, 6.45) is 2.14. The first-order chi connectivity index (χ1) is 7.93. The normalized spacial score (nSPS) is 13.9. The van der Waals surface area contributed by atoms with E-state index in [1.54, 1.807) is 11.3 Å². The maximum Gasteiger partial charge on any atom is 0.0944 e. The van der Waals surface area contributed by atoms with E-state index in [1.807, 2.05) is 11.8 Å². The maximum atomic E-state index is 6.11. The summed E-state index contributed by atoms with van der Waals surface area (Å²) >= 11 is 3.69. The van der Waals surface area contributed by atoms with Crippen LogP contribution in [0.25, 0.3) is 0 Å². The van der Waals surface area contributed by atoms with Gasteiger partial charge in [0.25, 0.3) is 0 Å². The Hall–Kier alpha value is -0.0600. The highest BCUT2D eigenvalue weighted by Gasteiger charge is 2.18. The van der Waals surface area contributed by atoms with Crippen molar-refractivity contribution in [2.75, 3.05) is 11.5 Å². The second kappa shape index (κ2) is 6.76. The van der Waals surface area contributed by atoms with Crippen molar-refractivity contribution in [3.8, 4) is 0 Å². The number of hydrogen-bond donors (Lipinski definition) is 1. The Labute approximate surface area is 113 Å². The molecular weight excluding hydrogens is 248 g/mol. The lowest BCUT2D eigenvalue weighted by atomic mass is 9.93. The van der Waals surface area contributed by atoms with Crippen molar-refractivity contribution in [3.63, 3.8) is 0 Å². The third kappa shape index (κ3) is 5.40. The van der Waals surface area contributed by atoms with Gasteiger partial charge in [0.05, 0.1) is 10.7 Å². The molecule has 1 heterocycles. The summed E-state index contributed by atoms with van der Waals surface area (Å²) in [6, 6.07) is 0.241. The van der Waals surface area contributed by atoms with Crippen LogP contribution in [0.2, 0.25) is 0 Å². The predicted molar refractivity (Wildman–Crippen MR) is 80.1 cm³/mol. The minimum Gasteiger partial charge on any atom is -0.327 e. The molecule has 0 saturated carbocycles. The van der Waals surface area contributed by atoms with E-state index >= 15 is 0 Å². The maximum absolute atomic E-state index is 6.11. The number of nitrogens with zero attached hydrogens (tertiary/aromatic N) is 1. The second-order valence-corrected chi connectivity index (χ2v) is 7.51. The number of aromatic nitrogens is 1. The molecule has 2 N–H and O–H groups in total. The van der Waals surface area contributed by atoms with Crippen LogP contribution in [0, 0.1) is 0 Å². The highest BCUT2D eigenvalue weighted by molar-refractivity contribution is 7.99. The lowest BCUT2D eigenvalue weighted by Crippen LogP contribution is -2.25. The van der Waals surface area contributed by atoms with Crippen molar-refractivity contribution in [2.24, 2.45) is 5.73 Å². The lowest BCUT2D eigenvalue weighted by molar-refractivity contribution is 0.569. The van der Waals surface area contributed by atoms with E-state index in [4.69, 9.17) is 5.73 Å². The fourth-order valence-corrected chi connectivity index (χ4v) is 3.40. The summed E-state index contributed by atoms with van der Waals surface area (Å²) in [6.45, 7) is 8.80. The number of thiazole rings is 1. The fraction of sp³-hybridized carbons (Fsp3) is 0.769. The van der Waals surface area contributed by atoms with Crippen LogP contribution in [0.5, 0.6) is 0 Å². The van der Waals surface area contributed by atoms with Crippen molar-refractivity contribution >= 4 is 23.1 Å². The molecule has 0 fully saturated rings. The molecule has 0 saturated heterocycles. The Bertz CT molecular complexity index is 328. The number of hydrogen-bond acceptors (Lipinski definition) is 4. The van der Waals surface area contributed by atoms with Gasteiger partial charge in [-0.3, -0.25) is 0 Å².